The van der Waals surface area contributed by atoms with Gasteiger partial charge in [0.25, 0.3) is 0 Å². The minimum Gasteiger partial charge on any atom is -0.337 e. The molecule has 4 nitrogen and oxygen atoms in total. The highest BCUT2D eigenvalue weighted by Gasteiger charge is 2.38. The lowest BCUT2D eigenvalue weighted by Crippen LogP contribution is -2.52. The van der Waals surface area contributed by atoms with Crippen LogP contribution in [0.4, 0.5) is 0 Å². The van der Waals surface area contributed by atoms with Crippen LogP contribution in [0.5, 0.6) is 0 Å². The van der Waals surface area contributed by atoms with Crippen molar-refractivity contribution in [3.05, 3.63) is 18.2 Å². The molecule has 0 radical (unpaired) electrons. The molecule has 0 amide bonds. The first-order valence-electron chi connectivity index (χ1n) is 5.89. The Hall–Kier alpha value is -0.870. The molecular weight excluding hydrogens is 200 g/mol. The van der Waals surface area contributed by atoms with Gasteiger partial charge in [-0.25, -0.2) is 4.98 Å². The highest BCUT2D eigenvalue weighted by Crippen LogP contribution is 2.33. The van der Waals surface area contributed by atoms with Crippen LogP contribution >= 0.6 is 0 Å². The molecule has 16 heavy (non-hydrogen) atoms. The van der Waals surface area contributed by atoms with E-state index in [2.05, 4.69) is 37.8 Å². The van der Waals surface area contributed by atoms with Crippen LogP contribution < -0.4 is 5.73 Å². The van der Waals surface area contributed by atoms with Crippen molar-refractivity contribution < 1.29 is 0 Å². The van der Waals surface area contributed by atoms with Crippen LogP contribution in [0, 0.1) is 0 Å². The molecule has 2 N–H and O–H groups in total. The first-order valence-corrected chi connectivity index (χ1v) is 5.89. The Morgan fingerprint density at radius 1 is 1.44 bits per heavy atom. The Morgan fingerprint density at radius 3 is 2.31 bits per heavy atom. The zero-order valence-corrected chi connectivity index (χ0v) is 11.1. The lowest BCUT2D eigenvalue weighted by Gasteiger charge is -2.43. The summed E-state index contributed by atoms with van der Waals surface area (Å²) >= 11 is 0. The molecule has 92 valence electrons. The molecule has 1 rings (SSSR count). The molecule has 4 heteroatoms. The molecule has 0 aromatic carbocycles. The first-order chi connectivity index (χ1) is 7.49. The third kappa shape index (κ3) is 1.99. The SMILES string of the molecule is CCC(CC)(C(N)c1nccn1C)N(C)C. The third-order valence-electron chi connectivity index (χ3n) is 3.83. The molecule has 0 spiro atoms. The van der Waals surface area contributed by atoms with Crippen LogP contribution in [0.25, 0.3) is 0 Å². The van der Waals surface area contributed by atoms with E-state index >= 15 is 0 Å². The van der Waals surface area contributed by atoms with Gasteiger partial charge in [0, 0.05) is 25.0 Å². The van der Waals surface area contributed by atoms with Gasteiger partial charge in [-0.1, -0.05) is 13.8 Å². The number of rotatable bonds is 5. The highest BCUT2D eigenvalue weighted by atomic mass is 15.2. The summed E-state index contributed by atoms with van der Waals surface area (Å²) in [7, 11) is 6.18. The third-order valence-corrected chi connectivity index (χ3v) is 3.83. The lowest BCUT2D eigenvalue weighted by atomic mass is 9.83. The fourth-order valence-electron chi connectivity index (χ4n) is 2.52. The van der Waals surface area contributed by atoms with E-state index < -0.39 is 0 Å². The molecule has 0 saturated heterocycles. The van der Waals surface area contributed by atoms with Crippen LogP contribution in [-0.2, 0) is 7.05 Å². The molecule has 0 saturated carbocycles. The Labute approximate surface area is 98.5 Å². The summed E-state index contributed by atoms with van der Waals surface area (Å²) in [6.07, 6.45) is 5.79. The molecule has 1 aromatic rings. The number of nitrogens with zero attached hydrogens (tertiary/aromatic N) is 3. The van der Waals surface area contributed by atoms with Crippen molar-refractivity contribution in [1.82, 2.24) is 14.5 Å². The van der Waals surface area contributed by atoms with Crippen molar-refractivity contribution in [2.75, 3.05) is 14.1 Å². The minimum absolute atomic E-state index is 0.0148. The molecular formula is C12H24N4. The van der Waals surface area contributed by atoms with Crippen LogP contribution in [0.3, 0.4) is 0 Å². The predicted octanol–water partition coefficient (Wildman–Crippen LogP) is 1.54. The van der Waals surface area contributed by atoms with Gasteiger partial charge in [-0.2, -0.15) is 0 Å². The van der Waals surface area contributed by atoms with Gasteiger partial charge in [0.1, 0.15) is 5.82 Å². The Bertz CT molecular complexity index is 326. The summed E-state index contributed by atoms with van der Waals surface area (Å²) in [4.78, 5) is 6.60. The van der Waals surface area contributed by atoms with Gasteiger partial charge in [-0.15, -0.1) is 0 Å². The van der Waals surface area contributed by atoms with Gasteiger partial charge in [0.05, 0.1) is 6.04 Å². The molecule has 0 bridgehead atoms. The van der Waals surface area contributed by atoms with E-state index in [0.29, 0.717) is 0 Å². The average molecular weight is 224 g/mol. The molecule has 0 aliphatic carbocycles. The van der Waals surface area contributed by atoms with Crippen LogP contribution in [0.15, 0.2) is 12.4 Å². The predicted molar refractivity (Wildman–Crippen MR) is 67.1 cm³/mol. The van der Waals surface area contributed by atoms with E-state index in [-0.39, 0.29) is 11.6 Å². The zero-order chi connectivity index (χ0) is 12.3. The second-order valence-electron chi connectivity index (χ2n) is 4.58. The summed E-state index contributed by atoms with van der Waals surface area (Å²) < 4.78 is 2.01. The van der Waals surface area contributed by atoms with Crippen LogP contribution in [0.2, 0.25) is 0 Å². The van der Waals surface area contributed by atoms with Crippen molar-refractivity contribution in [3.8, 4) is 0 Å². The van der Waals surface area contributed by atoms with Gasteiger partial charge in [-0.3, -0.25) is 0 Å². The normalized spacial score (nSPS) is 14.4. The van der Waals surface area contributed by atoms with Crippen LogP contribution in [0.1, 0.15) is 38.6 Å². The quantitative estimate of drug-likeness (QED) is 0.825. The summed E-state index contributed by atoms with van der Waals surface area (Å²) in [5, 5.41) is 0. The summed E-state index contributed by atoms with van der Waals surface area (Å²) in [5.74, 6) is 0.956. The molecule has 1 aromatic heterocycles. The monoisotopic (exact) mass is 224 g/mol. The van der Waals surface area contributed by atoms with Crippen molar-refractivity contribution in [2.45, 2.75) is 38.3 Å². The molecule has 0 aliphatic rings. The second kappa shape index (κ2) is 4.97. The number of nitrogens with two attached hydrogens (primary N) is 1. The fraction of sp³-hybridized carbons (Fsp3) is 0.750. The summed E-state index contributed by atoms with van der Waals surface area (Å²) in [6.45, 7) is 4.37. The van der Waals surface area contributed by atoms with Gasteiger partial charge < -0.3 is 15.2 Å². The van der Waals surface area contributed by atoms with E-state index in [4.69, 9.17) is 5.73 Å². The van der Waals surface area contributed by atoms with E-state index in [1.807, 2.05) is 17.8 Å². The second-order valence-corrected chi connectivity index (χ2v) is 4.58. The van der Waals surface area contributed by atoms with E-state index in [0.717, 1.165) is 18.7 Å². The molecule has 1 heterocycles. The average Bonchev–Trinajstić information content (AvgIpc) is 2.66. The molecule has 0 fully saturated rings. The number of hydrogen-bond donors (Lipinski definition) is 1. The van der Waals surface area contributed by atoms with Crippen molar-refractivity contribution in [2.24, 2.45) is 12.8 Å². The van der Waals surface area contributed by atoms with Crippen LogP contribution in [-0.4, -0.2) is 34.1 Å². The smallest absolute Gasteiger partial charge is 0.127 e. The summed E-state index contributed by atoms with van der Waals surface area (Å²) in [5.41, 5.74) is 6.40. The Kier molecular flexibility index (Phi) is 4.10. The van der Waals surface area contributed by atoms with E-state index in [1.165, 1.54) is 0 Å². The van der Waals surface area contributed by atoms with Gasteiger partial charge in [0.2, 0.25) is 0 Å². The van der Waals surface area contributed by atoms with E-state index in [9.17, 15) is 0 Å². The van der Waals surface area contributed by atoms with Gasteiger partial charge in [-0.05, 0) is 26.9 Å². The Morgan fingerprint density at radius 2 is 2.00 bits per heavy atom. The van der Waals surface area contributed by atoms with Gasteiger partial charge in [0.15, 0.2) is 0 Å². The number of hydrogen-bond acceptors (Lipinski definition) is 3. The van der Waals surface area contributed by atoms with Gasteiger partial charge >= 0.3 is 0 Å². The maximum Gasteiger partial charge on any atom is 0.127 e. The lowest BCUT2D eigenvalue weighted by molar-refractivity contribution is 0.101. The minimum atomic E-state index is -0.0579. The zero-order valence-electron chi connectivity index (χ0n) is 11.1. The largest absolute Gasteiger partial charge is 0.337 e. The standard InChI is InChI=1S/C12H24N4/c1-6-12(7-2,15(3)4)10(13)11-14-8-9-16(11)5/h8-10H,6-7,13H2,1-5H3. The van der Waals surface area contributed by atoms with Crippen molar-refractivity contribution >= 4 is 0 Å². The number of imidazole rings is 1. The maximum absolute atomic E-state index is 6.42. The fourth-order valence-corrected chi connectivity index (χ4v) is 2.52. The first kappa shape index (κ1) is 13.2. The van der Waals surface area contributed by atoms with Crippen molar-refractivity contribution in [3.63, 3.8) is 0 Å². The summed E-state index contributed by atoms with van der Waals surface area (Å²) in [6, 6.07) is -0.0579. The topological polar surface area (TPSA) is 47.1 Å². The maximum atomic E-state index is 6.42. The number of aromatic nitrogens is 2. The number of likely N-dealkylation sites (N-methyl/N-ethyl adjacent to an activating group) is 1. The highest BCUT2D eigenvalue weighted by molar-refractivity contribution is 5.08. The molecule has 1 unspecified atom stereocenters. The van der Waals surface area contributed by atoms with Crippen molar-refractivity contribution in [1.29, 1.82) is 0 Å². The molecule has 1 atom stereocenters. The Balaban J connectivity index is 3.09. The van der Waals surface area contributed by atoms with E-state index in [1.54, 1.807) is 6.20 Å². The number of aryl methyl sites for hydroxylation is 1. The molecule has 0 aliphatic heterocycles.